The molecule has 0 aliphatic carbocycles. The van der Waals surface area contributed by atoms with Gasteiger partial charge in [0, 0.05) is 24.0 Å². The van der Waals surface area contributed by atoms with E-state index in [1.165, 1.54) is 0 Å². The Morgan fingerprint density at radius 3 is 2.78 bits per heavy atom. The molecule has 0 saturated carbocycles. The van der Waals surface area contributed by atoms with Gasteiger partial charge in [-0.1, -0.05) is 6.07 Å². The van der Waals surface area contributed by atoms with Gasteiger partial charge in [0.25, 0.3) is 0 Å². The van der Waals surface area contributed by atoms with Crippen molar-refractivity contribution < 1.29 is 12.8 Å². The van der Waals surface area contributed by atoms with Crippen LogP contribution in [0.4, 0.5) is 0 Å². The fourth-order valence-corrected chi connectivity index (χ4v) is 5.53. The van der Waals surface area contributed by atoms with E-state index in [0.717, 1.165) is 29.5 Å². The molecule has 1 saturated heterocycles. The molecule has 6 nitrogen and oxygen atoms in total. The normalized spacial score (nSPS) is 18.7. The number of benzene rings is 1. The second-order valence-corrected chi connectivity index (χ2v) is 9.62. The lowest BCUT2D eigenvalue weighted by Gasteiger charge is -2.30. The largest absolute Gasteiger partial charge is 0.420 e. The number of sulfonamides is 1. The lowest BCUT2D eigenvalue weighted by atomic mass is 10.00. The van der Waals surface area contributed by atoms with Gasteiger partial charge in [-0.3, -0.25) is 0 Å². The Bertz CT molecular complexity index is 1040. The molecule has 27 heavy (non-hydrogen) atoms. The van der Waals surface area contributed by atoms with Gasteiger partial charge in [-0.05, 0) is 61.4 Å². The van der Waals surface area contributed by atoms with Gasteiger partial charge < -0.3 is 4.42 Å². The van der Waals surface area contributed by atoms with E-state index in [9.17, 15) is 8.42 Å². The lowest BCUT2D eigenvalue weighted by Crippen LogP contribution is -2.39. The van der Waals surface area contributed by atoms with E-state index >= 15 is 0 Å². The van der Waals surface area contributed by atoms with Gasteiger partial charge in [0.05, 0.1) is 10.8 Å². The summed E-state index contributed by atoms with van der Waals surface area (Å²) in [6.45, 7) is 4.78. The number of thiophene rings is 1. The zero-order valence-electron chi connectivity index (χ0n) is 15.3. The van der Waals surface area contributed by atoms with Gasteiger partial charge in [-0.25, -0.2) is 8.42 Å². The van der Waals surface area contributed by atoms with E-state index in [2.05, 4.69) is 10.2 Å². The molecule has 1 unspecified atom stereocenters. The van der Waals surface area contributed by atoms with Crippen LogP contribution in [0.5, 0.6) is 0 Å². The molecule has 0 radical (unpaired) electrons. The Morgan fingerprint density at radius 1 is 1.19 bits per heavy atom. The van der Waals surface area contributed by atoms with E-state index in [0.29, 0.717) is 29.8 Å². The Morgan fingerprint density at radius 2 is 2.04 bits per heavy atom. The van der Waals surface area contributed by atoms with Crippen molar-refractivity contribution in [2.45, 2.75) is 37.5 Å². The second kappa shape index (κ2) is 7.18. The van der Waals surface area contributed by atoms with Crippen LogP contribution in [0.2, 0.25) is 0 Å². The van der Waals surface area contributed by atoms with Gasteiger partial charge in [0.15, 0.2) is 0 Å². The molecule has 1 aromatic carbocycles. The predicted molar refractivity (Wildman–Crippen MR) is 104 cm³/mol. The zero-order chi connectivity index (χ0) is 19.0. The molecule has 0 spiro atoms. The molecule has 2 aromatic heterocycles. The van der Waals surface area contributed by atoms with E-state index in [-0.39, 0.29) is 5.92 Å². The number of aromatic nitrogens is 2. The smallest absolute Gasteiger partial charge is 0.248 e. The van der Waals surface area contributed by atoms with Crippen molar-refractivity contribution in [3.05, 3.63) is 52.0 Å². The minimum atomic E-state index is -3.53. The molecule has 0 bridgehead atoms. The maximum Gasteiger partial charge on any atom is 0.248 e. The fraction of sp³-hybridized carbons (Fsp3) is 0.368. The molecule has 0 amide bonds. The molecule has 0 N–H and O–H groups in total. The first-order chi connectivity index (χ1) is 12.9. The third-order valence-corrected chi connectivity index (χ3v) is 7.60. The van der Waals surface area contributed by atoms with Crippen molar-refractivity contribution in [1.82, 2.24) is 14.5 Å². The lowest BCUT2D eigenvalue weighted by molar-refractivity contribution is 0.286. The Hall–Kier alpha value is -2.03. The first-order valence-corrected chi connectivity index (χ1v) is 11.3. The first-order valence-electron chi connectivity index (χ1n) is 8.88. The number of aryl methyl sites for hydroxylation is 2. The molecule has 1 atom stereocenters. The minimum absolute atomic E-state index is 0.0834. The van der Waals surface area contributed by atoms with Crippen molar-refractivity contribution >= 4 is 21.4 Å². The maximum absolute atomic E-state index is 13.1. The number of nitrogens with zero attached hydrogens (tertiary/aromatic N) is 3. The minimum Gasteiger partial charge on any atom is -0.420 e. The summed E-state index contributed by atoms with van der Waals surface area (Å²) < 4.78 is 33.5. The summed E-state index contributed by atoms with van der Waals surface area (Å²) in [6.07, 6.45) is 1.61. The van der Waals surface area contributed by atoms with Crippen LogP contribution in [0.1, 0.15) is 35.8 Å². The molecule has 1 aliphatic heterocycles. The summed E-state index contributed by atoms with van der Waals surface area (Å²) in [7, 11) is -3.53. The highest BCUT2D eigenvalue weighted by Gasteiger charge is 2.33. The molecule has 1 aliphatic rings. The standard InChI is InChI=1S/C19H21N3O3S2/c1-13-5-6-17(10-14(13)2)27(23,24)22-8-3-4-15(11-22)18-20-21-19(25-18)16-7-9-26-12-16/h5-7,9-10,12,15H,3-4,8,11H2,1-2H3. The third kappa shape index (κ3) is 3.56. The number of rotatable bonds is 4. The molecule has 1 fully saturated rings. The van der Waals surface area contributed by atoms with Crippen LogP contribution in [-0.4, -0.2) is 36.0 Å². The molecular formula is C19H21N3O3S2. The van der Waals surface area contributed by atoms with Crippen LogP contribution in [0.3, 0.4) is 0 Å². The molecule has 3 heterocycles. The van der Waals surface area contributed by atoms with E-state index in [1.807, 2.05) is 36.7 Å². The van der Waals surface area contributed by atoms with Crippen molar-refractivity contribution in [1.29, 1.82) is 0 Å². The average molecular weight is 404 g/mol. The topological polar surface area (TPSA) is 76.3 Å². The Kier molecular flexibility index (Phi) is 4.88. The zero-order valence-corrected chi connectivity index (χ0v) is 16.9. The molecule has 142 valence electrons. The van der Waals surface area contributed by atoms with Gasteiger partial charge >= 0.3 is 0 Å². The van der Waals surface area contributed by atoms with E-state index in [4.69, 9.17) is 4.42 Å². The molecule has 3 aromatic rings. The molecule has 8 heteroatoms. The van der Waals surface area contributed by atoms with Crippen molar-refractivity contribution in [3.63, 3.8) is 0 Å². The summed E-state index contributed by atoms with van der Waals surface area (Å²) in [5.41, 5.74) is 2.95. The van der Waals surface area contributed by atoms with Crippen molar-refractivity contribution in [3.8, 4) is 11.5 Å². The van der Waals surface area contributed by atoms with Gasteiger partial charge in [0.2, 0.25) is 21.8 Å². The van der Waals surface area contributed by atoms with Crippen molar-refractivity contribution in [2.75, 3.05) is 13.1 Å². The average Bonchev–Trinajstić information content (AvgIpc) is 3.35. The van der Waals surface area contributed by atoms with Crippen LogP contribution in [0, 0.1) is 13.8 Å². The summed E-state index contributed by atoms with van der Waals surface area (Å²) in [6, 6.07) is 7.21. The fourth-order valence-electron chi connectivity index (χ4n) is 3.29. The van der Waals surface area contributed by atoms with Crippen LogP contribution < -0.4 is 0 Å². The molecule has 4 rings (SSSR count). The van der Waals surface area contributed by atoms with Crippen LogP contribution in [0.25, 0.3) is 11.5 Å². The van der Waals surface area contributed by atoms with E-state index < -0.39 is 10.0 Å². The second-order valence-electron chi connectivity index (χ2n) is 6.91. The monoisotopic (exact) mass is 403 g/mol. The van der Waals surface area contributed by atoms with E-state index in [1.54, 1.807) is 27.8 Å². The predicted octanol–water partition coefficient (Wildman–Crippen LogP) is 3.98. The Balaban J connectivity index is 1.56. The summed E-state index contributed by atoms with van der Waals surface area (Å²) in [5.74, 6) is 0.913. The maximum atomic E-state index is 13.1. The summed E-state index contributed by atoms with van der Waals surface area (Å²) >= 11 is 1.57. The third-order valence-electron chi connectivity index (χ3n) is 5.06. The number of hydrogen-bond acceptors (Lipinski definition) is 6. The number of hydrogen-bond donors (Lipinski definition) is 0. The highest BCUT2D eigenvalue weighted by molar-refractivity contribution is 7.89. The first kappa shape index (κ1) is 18.3. The molecular weight excluding hydrogens is 382 g/mol. The summed E-state index contributed by atoms with van der Waals surface area (Å²) in [4.78, 5) is 0.343. The quantitative estimate of drug-likeness (QED) is 0.658. The van der Waals surface area contributed by atoms with Crippen LogP contribution >= 0.6 is 11.3 Å². The number of piperidine rings is 1. The van der Waals surface area contributed by atoms with Gasteiger partial charge in [-0.15, -0.1) is 10.2 Å². The highest BCUT2D eigenvalue weighted by atomic mass is 32.2. The SMILES string of the molecule is Cc1ccc(S(=O)(=O)N2CCCC(c3nnc(-c4ccsc4)o3)C2)cc1C. The van der Waals surface area contributed by atoms with Crippen LogP contribution in [-0.2, 0) is 10.0 Å². The van der Waals surface area contributed by atoms with Gasteiger partial charge in [0.1, 0.15) is 0 Å². The Labute approximate surface area is 162 Å². The van der Waals surface area contributed by atoms with Crippen LogP contribution in [0.15, 0.2) is 44.3 Å². The van der Waals surface area contributed by atoms with Gasteiger partial charge in [-0.2, -0.15) is 15.6 Å². The summed E-state index contributed by atoms with van der Waals surface area (Å²) in [5, 5.41) is 12.2. The highest BCUT2D eigenvalue weighted by Crippen LogP contribution is 2.31. The van der Waals surface area contributed by atoms with Crippen molar-refractivity contribution in [2.24, 2.45) is 0 Å².